The van der Waals surface area contributed by atoms with Crippen LogP contribution in [0, 0.1) is 13.8 Å². The van der Waals surface area contributed by atoms with Crippen LogP contribution in [0.25, 0.3) is 22.5 Å². The van der Waals surface area contributed by atoms with Gasteiger partial charge >= 0.3 is 0 Å². The van der Waals surface area contributed by atoms with Crippen molar-refractivity contribution < 1.29 is 4.79 Å². The van der Waals surface area contributed by atoms with Crippen LogP contribution >= 0.6 is 0 Å². The minimum Gasteiger partial charge on any atom is -0.320 e. The van der Waals surface area contributed by atoms with Gasteiger partial charge in [0.1, 0.15) is 5.82 Å². The minimum atomic E-state index is -0.224. The van der Waals surface area contributed by atoms with Crippen molar-refractivity contribution in [2.75, 3.05) is 5.32 Å². The SMILES string of the molecule is Cc1ccc(C)c(NC(=O)c2ccn(-c3ccc4ccc(-c5ccccc5)cn34)n2)c1. The van der Waals surface area contributed by atoms with Gasteiger partial charge in [-0.1, -0.05) is 48.5 Å². The molecule has 152 valence electrons. The van der Waals surface area contributed by atoms with E-state index >= 15 is 0 Å². The van der Waals surface area contributed by atoms with Gasteiger partial charge in [-0.3, -0.25) is 4.79 Å². The van der Waals surface area contributed by atoms with Gasteiger partial charge in [0.25, 0.3) is 5.91 Å². The van der Waals surface area contributed by atoms with E-state index in [1.807, 2.05) is 68.6 Å². The molecule has 2 aromatic carbocycles. The summed E-state index contributed by atoms with van der Waals surface area (Å²) in [5.74, 6) is 0.650. The number of carbonyl (C=O) groups is 1. The van der Waals surface area contributed by atoms with Crippen molar-refractivity contribution in [2.45, 2.75) is 13.8 Å². The van der Waals surface area contributed by atoms with E-state index in [1.54, 1.807) is 10.7 Å². The number of benzene rings is 2. The van der Waals surface area contributed by atoms with Crippen LogP contribution in [0.2, 0.25) is 0 Å². The summed E-state index contributed by atoms with van der Waals surface area (Å²) >= 11 is 0. The first kappa shape index (κ1) is 18.9. The Labute approximate surface area is 180 Å². The second-order valence-electron chi connectivity index (χ2n) is 7.69. The molecule has 5 heteroatoms. The van der Waals surface area contributed by atoms with Crippen LogP contribution < -0.4 is 5.32 Å². The summed E-state index contributed by atoms with van der Waals surface area (Å²) in [4.78, 5) is 12.8. The molecule has 1 N–H and O–H groups in total. The Morgan fingerprint density at radius 1 is 0.871 bits per heavy atom. The number of nitrogens with one attached hydrogen (secondary N) is 1. The molecule has 31 heavy (non-hydrogen) atoms. The van der Waals surface area contributed by atoms with Crippen LogP contribution in [0.3, 0.4) is 0 Å². The molecule has 0 bridgehead atoms. The monoisotopic (exact) mass is 406 g/mol. The second-order valence-corrected chi connectivity index (χ2v) is 7.69. The standard InChI is InChI=1S/C26H22N4O/c1-18-8-9-19(2)24(16-18)27-26(31)23-14-15-30(28-23)25-13-12-22-11-10-21(17-29(22)25)20-6-4-3-5-7-20/h3-17H,1-2H3,(H,27,31). The smallest absolute Gasteiger partial charge is 0.276 e. The Hall–Kier alpha value is -4.12. The molecule has 0 unspecified atom stereocenters. The molecule has 1 amide bonds. The first-order valence-corrected chi connectivity index (χ1v) is 10.2. The maximum absolute atomic E-state index is 12.8. The zero-order valence-electron chi connectivity index (χ0n) is 17.4. The van der Waals surface area contributed by atoms with Gasteiger partial charge in [0.2, 0.25) is 0 Å². The van der Waals surface area contributed by atoms with Crippen molar-refractivity contribution >= 4 is 17.1 Å². The van der Waals surface area contributed by atoms with E-state index in [-0.39, 0.29) is 5.91 Å². The van der Waals surface area contributed by atoms with Crippen LogP contribution in [0.5, 0.6) is 0 Å². The van der Waals surface area contributed by atoms with E-state index in [4.69, 9.17) is 0 Å². The molecule has 5 nitrogen and oxygen atoms in total. The summed E-state index contributed by atoms with van der Waals surface area (Å²) in [5.41, 5.74) is 6.62. The highest BCUT2D eigenvalue weighted by molar-refractivity contribution is 6.03. The van der Waals surface area contributed by atoms with E-state index in [2.05, 4.69) is 45.3 Å². The Bertz CT molecular complexity index is 1400. The molecule has 0 aliphatic carbocycles. The quantitative estimate of drug-likeness (QED) is 0.419. The highest BCUT2D eigenvalue weighted by Gasteiger charge is 2.13. The maximum atomic E-state index is 12.8. The number of fused-ring (bicyclic) bond motifs is 1. The van der Waals surface area contributed by atoms with Crippen LogP contribution in [0.1, 0.15) is 21.6 Å². The lowest BCUT2D eigenvalue weighted by Crippen LogP contribution is -2.14. The van der Waals surface area contributed by atoms with Gasteiger partial charge in [-0.05, 0) is 66.4 Å². The zero-order chi connectivity index (χ0) is 21.4. The predicted octanol–water partition coefficient (Wildman–Crippen LogP) is 5.66. The van der Waals surface area contributed by atoms with Gasteiger partial charge in [-0.25, -0.2) is 4.68 Å². The third-order valence-corrected chi connectivity index (χ3v) is 5.43. The van der Waals surface area contributed by atoms with E-state index in [0.717, 1.165) is 39.3 Å². The summed E-state index contributed by atoms with van der Waals surface area (Å²) < 4.78 is 3.82. The van der Waals surface area contributed by atoms with Crippen LogP contribution in [-0.4, -0.2) is 20.1 Å². The molecule has 0 saturated carbocycles. The predicted molar refractivity (Wildman–Crippen MR) is 124 cm³/mol. The molecule has 0 aliphatic heterocycles. The molecule has 0 fully saturated rings. The lowest BCUT2D eigenvalue weighted by molar-refractivity contribution is 0.102. The summed E-state index contributed by atoms with van der Waals surface area (Å²) in [6.45, 7) is 3.98. The number of carbonyl (C=O) groups excluding carboxylic acids is 1. The van der Waals surface area contributed by atoms with Crippen molar-refractivity contribution in [1.82, 2.24) is 14.2 Å². The van der Waals surface area contributed by atoms with E-state index < -0.39 is 0 Å². The first-order valence-electron chi connectivity index (χ1n) is 10.2. The van der Waals surface area contributed by atoms with E-state index in [0.29, 0.717) is 5.69 Å². The molecule has 0 atom stereocenters. The molecule has 5 aromatic rings. The normalized spacial score (nSPS) is 11.0. The van der Waals surface area contributed by atoms with Gasteiger partial charge in [0.15, 0.2) is 5.69 Å². The first-order chi connectivity index (χ1) is 15.1. The van der Waals surface area contributed by atoms with Crippen molar-refractivity contribution in [1.29, 1.82) is 0 Å². The Kier molecular flexibility index (Phi) is 4.64. The fourth-order valence-corrected chi connectivity index (χ4v) is 3.70. The summed E-state index contributed by atoms with van der Waals surface area (Å²) in [5, 5.41) is 7.51. The van der Waals surface area contributed by atoms with E-state index in [1.165, 1.54) is 0 Å². The molecule has 0 spiro atoms. The van der Waals surface area contributed by atoms with Gasteiger partial charge in [0, 0.05) is 23.6 Å². The fourth-order valence-electron chi connectivity index (χ4n) is 3.70. The van der Waals surface area contributed by atoms with Crippen LogP contribution in [0.15, 0.2) is 91.3 Å². The number of hydrogen-bond donors (Lipinski definition) is 1. The number of aryl methyl sites for hydroxylation is 2. The van der Waals surface area contributed by atoms with Gasteiger partial charge in [0.05, 0.1) is 0 Å². The minimum absolute atomic E-state index is 0.224. The molecular weight excluding hydrogens is 384 g/mol. The number of anilines is 1. The average Bonchev–Trinajstić information content (AvgIpc) is 3.43. The van der Waals surface area contributed by atoms with Gasteiger partial charge in [-0.2, -0.15) is 5.10 Å². The maximum Gasteiger partial charge on any atom is 0.276 e. The van der Waals surface area contributed by atoms with Gasteiger partial charge < -0.3 is 9.72 Å². The average molecular weight is 406 g/mol. The number of pyridine rings is 1. The lowest BCUT2D eigenvalue weighted by Gasteiger charge is -2.08. The van der Waals surface area contributed by atoms with Crippen molar-refractivity contribution in [3.63, 3.8) is 0 Å². The highest BCUT2D eigenvalue weighted by Crippen LogP contribution is 2.23. The Balaban J connectivity index is 1.46. The van der Waals surface area contributed by atoms with Crippen LogP contribution in [-0.2, 0) is 0 Å². The molecular formula is C26H22N4O. The third kappa shape index (κ3) is 3.62. The van der Waals surface area contributed by atoms with Crippen molar-refractivity contribution in [3.8, 4) is 16.9 Å². The third-order valence-electron chi connectivity index (χ3n) is 5.43. The molecule has 0 radical (unpaired) electrons. The van der Waals surface area contributed by atoms with E-state index in [9.17, 15) is 4.79 Å². The summed E-state index contributed by atoms with van der Waals surface area (Å²) in [7, 11) is 0. The Morgan fingerprint density at radius 3 is 2.52 bits per heavy atom. The molecule has 5 rings (SSSR count). The summed E-state index contributed by atoms with van der Waals surface area (Å²) in [6, 6.07) is 26.2. The van der Waals surface area contributed by atoms with Crippen molar-refractivity contribution in [2.24, 2.45) is 0 Å². The topological polar surface area (TPSA) is 51.3 Å². The van der Waals surface area contributed by atoms with Crippen LogP contribution in [0.4, 0.5) is 5.69 Å². The largest absolute Gasteiger partial charge is 0.320 e. The number of rotatable bonds is 4. The second kappa shape index (κ2) is 7.61. The number of aromatic nitrogens is 3. The summed E-state index contributed by atoms with van der Waals surface area (Å²) in [6.07, 6.45) is 3.91. The highest BCUT2D eigenvalue weighted by atomic mass is 16.2. The zero-order valence-corrected chi connectivity index (χ0v) is 17.4. The van der Waals surface area contributed by atoms with Gasteiger partial charge in [-0.15, -0.1) is 0 Å². The molecule has 0 aliphatic rings. The number of hydrogen-bond acceptors (Lipinski definition) is 2. The molecule has 3 heterocycles. The number of amides is 1. The van der Waals surface area contributed by atoms with Crippen molar-refractivity contribution in [3.05, 3.63) is 108 Å². The lowest BCUT2D eigenvalue weighted by atomic mass is 10.1. The fraction of sp³-hybridized carbons (Fsp3) is 0.0769. The number of nitrogens with zero attached hydrogens (tertiary/aromatic N) is 3. The Morgan fingerprint density at radius 2 is 1.68 bits per heavy atom. The molecule has 3 aromatic heterocycles. The molecule has 0 saturated heterocycles.